The molecule has 2 heterocycles. The minimum Gasteiger partial charge on any atom is -0.379 e. The van der Waals surface area contributed by atoms with Crippen LogP contribution in [0.25, 0.3) is 0 Å². The SMILES string of the molecule is CC(Sc1ccccn1)C(=O)NN1CCOCC1. The van der Waals surface area contributed by atoms with Gasteiger partial charge >= 0.3 is 0 Å². The normalized spacial score (nSPS) is 18.3. The Morgan fingerprint density at radius 2 is 2.28 bits per heavy atom. The van der Waals surface area contributed by atoms with E-state index in [4.69, 9.17) is 4.74 Å². The standard InChI is InChI=1S/C12H17N3O2S/c1-10(18-11-4-2-3-5-13-11)12(16)14-15-6-8-17-9-7-15/h2-5,10H,6-9H2,1H3,(H,14,16). The third-order valence-electron chi connectivity index (χ3n) is 2.58. The maximum absolute atomic E-state index is 12.0. The number of morpholine rings is 1. The summed E-state index contributed by atoms with van der Waals surface area (Å²) in [6.45, 7) is 4.71. The molecule has 1 aromatic rings. The molecule has 6 heteroatoms. The Kier molecular flexibility index (Phi) is 4.98. The topological polar surface area (TPSA) is 54.5 Å². The molecule has 1 amide bonds. The number of pyridine rings is 1. The molecule has 0 spiro atoms. The van der Waals surface area contributed by atoms with Gasteiger partial charge in [-0.2, -0.15) is 0 Å². The molecular weight excluding hydrogens is 250 g/mol. The molecule has 2 rings (SSSR count). The first-order chi connectivity index (χ1) is 8.75. The van der Waals surface area contributed by atoms with E-state index >= 15 is 0 Å². The van der Waals surface area contributed by atoms with Gasteiger partial charge in [-0.25, -0.2) is 9.99 Å². The fourth-order valence-corrected chi connectivity index (χ4v) is 2.37. The molecular formula is C12H17N3O2S. The minimum atomic E-state index is -0.164. The molecule has 1 fully saturated rings. The number of rotatable bonds is 4. The molecule has 1 atom stereocenters. The molecule has 1 aliphatic rings. The molecule has 1 aromatic heterocycles. The lowest BCUT2D eigenvalue weighted by Crippen LogP contribution is -2.50. The lowest BCUT2D eigenvalue weighted by atomic mass is 10.4. The van der Waals surface area contributed by atoms with Gasteiger partial charge < -0.3 is 4.74 Å². The van der Waals surface area contributed by atoms with Gasteiger partial charge in [0.05, 0.1) is 23.5 Å². The van der Waals surface area contributed by atoms with Crippen LogP contribution >= 0.6 is 11.8 Å². The maximum Gasteiger partial charge on any atom is 0.247 e. The second-order valence-electron chi connectivity index (χ2n) is 4.00. The number of nitrogens with one attached hydrogen (secondary N) is 1. The third-order valence-corrected chi connectivity index (χ3v) is 3.63. The largest absolute Gasteiger partial charge is 0.379 e. The van der Waals surface area contributed by atoms with Crippen LogP contribution in [0.1, 0.15) is 6.92 Å². The number of hydrazine groups is 1. The highest BCUT2D eigenvalue weighted by Crippen LogP contribution is 2.20. The molecule has 0 aliphatic carbocycles. The number of nitrogens with zero attached hydrogens (tertiary/aromatic N) is 2. The van der Waals surface area contributed by atoms with Crippen molar-refractivity contribution < 1.29 is 9.53 Å². The number of carbonyl (C=O) groups is 1. The fourth-order valence-electron chi connectivity index (χ4n) is 1.57. The van der Waals surface area contributed by atoms with E-state index in [0.29, 0.717) is 13.2 Å². The van der Waals surface area contributed by atoms with Gasteiger partial charge in [0.15, 0.2) is 0 Å². The Morgan fingerprint density at radius 1 is 1.50 bits per heavy atom. The molecule has 1 saturated heterocycles. The molecule has 0 saturated carbocycles. The first-order valence-electron chi connectivity index (χ1n) is 5.96. The van der Waals surface area contributed by atoms with Crippen LogP contribution in [0.3, 0.4) is 0 Å². The predicted molar refractivity (Wildman–Crippen MR) is 70.1 cm³/mol. The number of carbonyl (C=O) groups excluding carboxylic acids is 1. The molecule has 18 heavy (non-hydrogen) atoms. The van der Waals surface area contributed by atoms with Crippen molar-refractivity contribution in [2.75, 3.05) is 26.3 Å². The second kappa shape index (κ2) is 6.72. The van der Waals surface area contributed by atoms with Gasteiger partial charge in [-0.3, -0.25) is 10.2 Å². The van der Waals surface area contributed by atoms with Crippen LogP contribution in [-0.2, 0) is 9.53 Å². The van der Waals surface area contributed by atoms with Crippen LogP contribution in [0.2, 0.25) is 0 Å². The summed E-state index contributed by atoms with van der Waals surface area (Å²) in [5, 5.41) is 2.60. The molecule has 1 aliphatic heterocycles. The van der Waals surface area contributed by atoms with Crippen molar-refractivity contribution >= 4 is 17.7 Å². The van der Waals surface area contributed by atoms with Gasteiger partial charge in [-0.1, -0.05) is 17.8 Å². The second-order valence-corrected chi connectivity index (χ2v) is 5.36. The molecule has 98 valence electrons. The monoisotopic (exact) mass is 267 g/mol. The van der Waals surface area contributed by atoms with Crippen LogP contribution in [-0.4, -0.2) is 47.5 Å². The first kappa shape index (κ1) is 13.3. The number of amides is 1. The van der Waals surface area contributed by atoms with Crippen molar-refractivity contribution in [3.05, 3.63) is 24.4 Å². The third kappa shape index (κ3) is 3.97. The van der Waals surface area contributed by atoms with E-state index in [-0.39, 0.29) is 11.2 Å². The number of thioether (sulfide) groups is 1. The number of ether oxygens (including phenoxy) is 1. The van der Waals surface area contributed by atoms with Gasteiger partial charge in [0.25, 0.3) is 0 Å². The van der Waals surface area contributed by atoms with Gasteiger partial charge in [0.2, 0.25) is 5.91 Å². The number of hydrogen-bond acceptors (Lipinski definition) is 5. The van der Waals surface area contributed by atoms with Gasteiger partial charge in [0.1, 0.15) is 0 Å². The highest BCUT2D eigenvalue weighted by molar-refractivity contribution is 8.00. The first-order valence-corrected chi connectivity index (χ1v) is 6.84. The zero-order valence-electron chi connectivity index (χ0n) is 10.3. The van der Waals surface area contributed by atoms with E-state index in [2.05, 4.69) is 10.4 Å². The van der Waals surface area contributed by atoms with Crippen molar-refractivity contribution in [2.24, 2.45) is 0 Å². The Labute approximate surface area is 111 Å². The molecule has 0 aromatic carbocycles. The van der Waals surface area contributed by atoms with E-state index in [9.17, 15) is 4.79 Å². The zero-order valence-corrected chi connectivity index (χ0v) is 11.2. The van der Waals surface area contributed by atoms with E-state index in [1.807, 2.05) is 30.1 Å². The highest BCUT2D eigenvalue weighted by atomic mass is 32.2. The van der Waals surface area contributed by atoms with Crippen molar-refractivity contribution in [2.45, 2.75) is 17.2 Å². The van der Waals surface area contributed by atoms with E-state index in [1.165, 1.54) is 11.8 Å². The molecule has 1 unspecified atom stereocenters. The van der Waals surface area contributed by atoms with E-state index in [1.54, 1.807) is 6.20 Å². The smallest absolute Gasteiger partial charge is 0.247 e. The summed E-state index contributed by atoms with van der Waals surface area (Å²) in [5.74, 6) is 0.00699. The maximum atomic E-state index is 12.0. The Morgan fingerprint density at radius 3 is 2.94 bits per heavy atom. The van der Waals surface area contributed by atoms with Crippen LogP contribution in [0.4, 0.5) is 0 Å². The van der Waals surface area contributed by atoms with Crippen LogP contribution in [0.15, 0.2) is 29.4 Å². The highest BCUT2D eigenvalue weighted by Gasteiger charge is 2.19. The van der Waals surface area contributed by atoms with E-state index in [0.717, 1.165) is 18.1 Å². The van der Waals surface area contributed by atoms with Crippen molar-refractivity contribution in [3.8, 4) is 0 Å². The summed E-state index contributed by atoms with van der Waals surface area (Å²) in [6.07, 6.45) is 1.73. The summed E-state index contributed by atoms with van der Waals surface area (Å²) in [6, 6.07) is 5.69. The average molecular weight is 267 g/mol. The van der Waals surface area contributed by atoms with Crippen molar-refractivity contribution in [1.29, 1.82) is 0 Å². The van der Waals surface area contributed by atoms with Gasteiger partial charge in [0, 0.05) is 19.3 Å². The summed E-state index contributed by atoms with van der Waals surface area (Å²) < 4.78 is 5.23. The minimum absolute atomic E-state index is 0.00699. The lowest BCUT2D eigenvalue weighted by Gasteiger charge is -2.27. The van der Waals surface area contributed by atoms with Crippen LogP contribution in [0, 0.1) is 0 Å². The lowest BCUT2D eigenvalue weighted by molar-refractivity contribution is -0.127. The van der Waals surface area contributed by atoms with Crippen LogP contribution in [0.5, 0.6) is 0 Å². The molecule has 0 radical (unpaired) electrons. The molecule has 5 nitrogen and oxygen atoms in total. The number of aromatic nitrogens is 1. The predicted octanol–water partition coefficient (Wildman–Crippen LogP) is 0.926. The number of hydrogen-bond donors (Lipinski definition) is 1. The van der Waals surface area contributed by atoms with Crippen molar-refractivity contribution in [1.82, 2.24) is 15.4 Å². The molecule has 0 bridgehead atoms. The summed E-state index contributed by atoms with van der Waals surface area (Å²) >= 11 is 1.46. The Hall–Kier alpha value is -1.11. The average Bonchev–Trinajstić information content (AvgIpc) is 2.41. The summed E-state index contributed by atoms with van der Waals surface area (Å²) in [5.41, 5.74) is 2.90. The zero-order chi connectivity index (χ0) is 12.8. The fraction of sp³-hybridized carbons (Fsp3) is 0.500. The van der Waals surface area contributed by atoms with Crippen LogP contribution < -0.4 is 5.43 Å². The molecule has 1 N–H and O–H groups in total. The van der Waals surface area contributed by atoms with Gasteiger partial charge in [-0.15, -0.1) is 0 Å². The Bertz CT molecular complexity index is 382. The Balaban J connectivity index is 1.81. The summed E-state index contributed by atoms with van der Waals surface area (Å²) in [7, 11) is 0. The quantitative estimate of drug-likeness (QED) is 0.822. The van der Waals surface area contributed by atoms with Gasteiger partial charge in [-0.05, 0) is 19.1 Å². The summed E-state index contributed by atoms with van der Waals surface area (Å²) in [4.78, 5) is 16.2. The van der Waals surface area contributed by atoms with E-state index < -0.39 is 0 Å². The van der Waals surface area contributed by atoms with Crippen molar-refractivity contribution in [3.63, 3.8) is 0 Å².